The average Bonchev–Trinajstić information content (AvgIpc) is 2.32. The number of hydrogen-bond donors (Lipinski definition) is 1. The van der Waals surface area contributed by atoms with Crippen molar-refractivity contribution in [3.63, 3.8) is 0 Å². The number of nitrogens with two attached hydrogens (primary N) is 1. The Morgan fingerprint density at radius 2 is 1.89 bits per heavy atom. The zero-order valence-corrected chi connectivity index (χ0v) is 13.3. The van der Waals surface area contributed by atoms with Gasteiger partial charge in [-0.15, -0.1) is 0 Å². The third-order valence-electron chi connectivity index (χ3n) is 2.58. The molecule has 0 bridgehead atoms. The largest absolute Gasteiger partial charge is 0.456 e. The zero-order chi connectivity index (χ0) is 14.0. The van der Waals surface area contributed by atoms with Crippen LogP contribution in [-0.4, -0.2) is 5.91 Å². The summed E-state index contributed by atoms with van der Waals surface area (Å²) in [5.41, 5.74) is 6.68. The molecule has 0 aliphatic rings. The van der Waals surface area contributed by atoms with Gasteiger partial charge in [-0.2, -0.15) is 0 Å². The summed E-state index contributed by atoms with van der Waals surface area (Å²) >= 11 is 6.70. The van der Waals surface area contributed by atoms with Crippen molar-refractivity contribution < 1.29 is 9.53 Å². The lowest BCUT2D eigenvalue weighted by molar-refractivity contribution is 0.0997. The third kappa shape index (κ3) is 3.16. The summed E-state index contributed by atoms with van der Waals surface area (Å²) in [5.74, 6) is 0.591. The molecule has 2 aromatic carbocycles. The lowest BCUT2D eigenvalue weighted by Gasteiger charge is -2.12. The van der Waals surface area contributed by atoms with E-state index in [9.17, 15) is 4.79 Å². The van der Waals surface area contributed by atoms with E-state index in [4.69, 9.17) is 10.5 Å². The van der Waals surface area contributed by atoms with Gasteiger partial charge < -0.3 is 10.5 Å². The van der Waals surface area contributed by atoms with Crippen LogP contribution in [0, 0.1) is 6.92 Å². The van der Waals surface area contributed by atoms with E-state index in [1.54, 1.807) is 18.2 Å². The first kappa shape index (κ1) is 14.1. The zero-order valence-electron chi connectivity index (χ0n) is 10.1. The molecule has 3 nitrogen and oxygen atoms in total. The molecule has 0 aromatic heterocycles. The van der Waals surface area contributed by atoms with Crippen LogP contribution in [0.1, 0.15) is 15.9 Å². The Hall–Kier alpha value is -1.33. The fourth-order valence-corrected chi connectivity index (χ4v) is 2.69. The van der Waals surface area contributed by atoms with Crippen LogP contribution >= 0.6 is 31.9 Å². The summed E-state index contributed by atoms with van der Waals surface area (Å²) in [4.78, 5) is 11.5. The van der Waals surface area contributed by atoms with E-state index in [1.165, 1.54) is 0 Å². The molecule has 0 spiro atoms. The highest BCUT2D eigenvalue weighted by Crippen LogP contribution is 2.32. The summed E-state index contributed by atoms with van der Waals surface area (Å²) in [6.07, 6.45) is 0. The van der Waals surface area contributed by atoms with E-state index in [0.29, 0.717) is 21.5 Å². The fourth-order valence-electron chi connectivity index (χ4n) is 1.67. The van der Waals surface area contributed by atoms with E-state index in [0.717, 1.165) is 10.0 Å². The van der Waals surface area contributed by atoms with Crippen molar-refractivity contribution in [1.29, 1.82) is 0 Å². The molecule has 19 heavy (non-hydrogen) atoms. The quantitative estimate of drug-likeness (QED) is 0.851. The molecular formula is C14H11Br2NO2. The molecule has 0 saturated carbocycles. The lowest BCUT2D eigenvalue weighted by atomic mass is 10.2. The molecular weight excluding hydrogens is 374 g/mol. The predicted molar refractivity (Wildman–Crippen MR) is 81.6 cm³/mol. The minimum Gasteiger partial charge on any atom is -0.456 e. The molecule has 0 heterocycles. The predicted octanol–water partition coefficient (Wildman–Crippen LogP) is 4.41. The second kappa shape index (κ2) is 5.75. The minimum absolute atomic E-state index is 0.338. The van der Waals surface area contributed by atoms with Gasteiger partial charge in [-0.25, -0.2) is 0 Å². The van der Waals surface area contributed by atoms with Gasteiger partial charge in [0, 0.05) is 8.95 Å². The maximum absolute atomic E-state index is 11.5. The number of rotatable bonds is 3. The van der Waals surface area contributed by atoms with Crippen LogP contribution in [0.2, 0.25) is 0 Å². The number of carbonyl (C=O) groups is 1. The first-order valence-electron chi connectivity index (χ1n) is 5.51. The number of carbonyl (C=O) groups excluding carboxylic acids is 1. The van der Waals surface area contributed by atoms with Gasteiger partial charge in [0.05, 0.1) is 5.56 Å². The summed E-state index contributed by atoms with van der Waals surface area (Å²) in [5, 5.41) is 0. The maximum atomic E-state index is 11.5. The Balaban J connectivity index is 2.44. The molecule has 2 aromatic rings. The molecule has 2 rings (SSSR count). The second-order valence-corrected chi connectivity index (χ2v) is 5.76. The second-order valence-electron chi connectivity index (χ2n) is 3.99. The normalized spacial score (nSPS) is 10.3. The minimum atomic E-state index is -0.530. The summed E-state index contributed by atoms with van der Waals surface area (Å²) in [6, 6.07) is 10.9. The van der Waals surface area contributed by atoms with Crippen molar-refractivity contribution in [2.75, 3.05) is 0 Å². The van der Waals surface area contributed by atoms with Gasteiger partial charge in [0.15, 0.2) is 0 Å². The standard InChI is InChI=1S/C14H11Br2NO2/c1-8-7-9(15)5-6-11(8)19-12-4-2-3-10(16)13(12)14(17)18/h2-7H,1H3,(H2,17,18). The number of hydrogen-bond acceptors (Lipinski definition) is 2. The summed E-state index contributed by atoms with van der Waals surface area (Å²) in [6.45, 7) is 1.93. The summed E-state index contributed by atoms with van der Waals surface area (Å²) in [7, 11) is 0. The Bertz CT molecular complexity index is 641. The topological polar surface area (TPSA) is 52.3 Å². The van der Waals surface area contributed by atoms with Crippen molar-refractivity contribution in [3.8, 4) is 11.5 Å². The van der Waals surface area contributed by atoms with Crippen molar-refractivity contribution in [1.82, 2.24) is 0 Å². The highest BCUT2D eigenvalue weighted by molar-refractivity contribution is 9.10. The Labute approximate surface area is 128 Å². The molecule has 0 aliphatic heterocycles. The number of halogens is 2. The van der Waals surface area contributed by atoms with E-state index >= 15 is 0 Å². The van der Waals surface area contributed by atoms with E-state index in [-0.39, 0.29) is 0 Å². The van der Waals surface area contributed by atoms with Gasteiger partial charge in [0.1, 0.15) is 11.5 Å². The molecule has 98 valence electrons. The van der Waals surface area contributed by atoms with Gasteiger partial charge in [-0.3, -0.25) is 4.79 Å². The number of benzene rings is 2. The SMILES string of the molecule is Cc1cc(Br)ccc1Oc1cccc(Br)c1C(N)=O. The van der Waals surface area contributed by atoms with Gasteiger partial charge in [0.25, 0.3) is 5.91 Å². The average molecular weight is 385 g/mol. The van der Waals surface area contributed by atoms with E-state index in [2.05, 4.69) is 31.9 Å². The molecule has 0 aliphatic carbocycles. The van der Waals surface area contributed by atoms with Crippen molar-refractivity contribution >= 4 is 37.8 Å². The van der Waals surface area contributed by atoms with Crippen molar-refractivity contribution in [2.24, 2.45) is 5.73 Å². The molecule has 1 amide bonds. The Morgan fingerprint density at radius 3 is 2.53 bits per heavy atom. The molecule has 2 N–H and O–H groups in total. The van der Waals surface area contributed by atoms with Crippen LogP contribution in [0.25, 0.3) is 0 Å². The van der Waals surface area contributed by atoms with Crippen LogP contribution in [0.3, 0.4) is 0 Å². The van der Waals surface area contributed by atoms with Gasteiger partial charge in [-0.1, -0.05) is 22.0 Å². The molecule has 0 radical (unpaired) electrons. The van der Waals surface area contributed by atoms with Crippen molar-refractivity contribution in [3.05, 3.63) is 56.5 Å². The van der Waals surface area contributed by atoms with Crippen LogP contribution in [-0.2, 0) is 0 Å². The molecule has 5 heteroatoms. The van der Waals surface area contributed by atoms with Crippen LogP contribution in [0.4, 0.5) is 0 Å². The van der Waals surface area contributed by atoms with E-state index < -0.39 is 5.91 Å². The number of amides is 1. The molecule has 0 unspecified atom stereocenters. The first-order valence-corrected chi connectivity index (χ1v) is 7.10. The lowest BCUT2D eigenvalue weighted by Crippen LogP contribution is -2.13. The first-order chi connectivity index (χ1) is 8.99. The maximum Gasteiger partial charge on any atom is 0.253 e. The number of aryl methyl sites for hydroxylation is 1. The number of primary amides is 1. The van der Waals surface area contributed by atoms with Crippen LogP contribution in [0.15, 0.2) is 45.3 Å². The highest BCUT2D eigenvalue weighted by Gasteiger charge is 2.14. The van der Waals surface area contributed by atoms with Crippen LogP contribution < -0.4 is 10.5 Å². The monoisotopic (exact) mass is 383 g/mol. The molecule has 0 atom stereocenters. The Kier molecular flexibility index (Phi) is 4.27. The third-order valence-corrected chi connectivity index (χ3v) is 3.73. The molecule has 0 fully saturated rings. The van der Waals surface area contributed by atoms with E-state index in [1.807, 2.05) is 25.1 Å². The highest BCUT2D eigenvalue weighted by atomic mass is 79.9. The molecule has 0 saturated heterocycles. The van der Waals surface area contributed by atoms with Gasteiger partial charge in [-0.05, 0) is 58.7 Å². The fraction of sp³-hybridized carbons (Fsp3) is 0.0714. The van der Waals surface area contributed by atoms with Crippen LogP contribution in [0.5, 0.6) is 11.5 Å². The van der Waals surface area contributed by atoms with Gasteiger partial charge >= 0.3 is 0 Å². The van der Waals surface area contributed by atoms with Crippen molar-refractivity contribution in [2.45, 2.75) is 6.92 Å². The smallest absolute Gasteiger partial charge is 0.253 e. The Morgan fingerprint density at radius 1 is 1.16 bits per heavy atom. The van der Waals surface area contributed by atoms with Gasteiger partial charge in [0.2, 0.25) is 0 Å². The number of ether oxygens (including phenoxy) is 1. The summed E-state index contributed by atoms with van der Waals surface area (Å²) < 4.78 is 7.38.